The Balaban J connectivity index is 0.00000162. The second-order valence-electron chi connectivity index (χ2n) is 6.04. The molecule has 1 N–H and O–H groups in total. The molecule has 18 heavy (non-hydrogen) atoms. The van der Waals surface area contributed by atoms with Crippen LogP contribution in [-0.2, 0) is 4.79 Å². The van der Waals surface area contributed by atoms with E-state index >= 15 is 0 Å². The third-order valence-corrected chi connectivity index (χ3v) is 4.07. The van der Waals surface area contributed by atoms with Gasteiger partial charge in [0.25, 0.3) is 0 Å². The lowest BCUT2D eigenvalue weighted by atomic mass is 9.81. The van der Waals surface area contributed by atoms with Gasteiger partial charge in [0.2, 0.25) is 5.91 Å². The molecule has 0 aromatic heterocycles. The maximum Gasteiger partial charge on any atom is 0.229 e. The summed E-state index contributed by atoms with van der Waals surface area (Å²) >= 11 is 0. The zero-order chi connectivity index (χ0) is 12.3. The number of piperidine rings is 1. The fraction of sp³-hybridized carbons (Fsp3) is 0.929. The van der Waals surface area contributed by atoms with Crippen molar-refractivity contribution in [1.82, 2.24) is 10.2 Å². The minimum atomic E-state index is -0.150. The molecule has 2 aliphatic rings. The minimum Gasteiger partial charge on any atom is -0.342 e. The van der Waals surface area contributed by atoms with E-state index in [0.717, 1.165) is 51.4 Å². The van der Waals surface area contributed by atoms with Crippen LogP contribution in [0.25, 0.3) is 0 Å². The Bertz CT molecular complexity index is 273. The van der Waals surface area contributed by atoms with E-state index in [1.54, 1.807) is 0 Å². The van der Waals surface area contributed by atoms with Crippen LogP contribution in [-0.4, -0.2) is 37.0 Å². The van der Waals surface area contributed by atoms with E-state index in [9.17, 15) is 4.79 Å². The molecule has 1 atom stereocenters. The molecular weight excluding hydrogens is 248 g/mol. The van der Waals surface area contributed by atoms with Gasteiger partial charge in [-0.1, -0.05) is 6.92 Å². The van der Waals surface area contributed by atoms with Crippen LogP contribution in [0.15, 0.2) is 0 Å². The van der Waals surface area contributed by atoms with Crippen LogP contribution in [0.5, 0.6) is 0 Å². The molecule has 1 unspecified atom stereocenters. The third kappa shape index (κ3) is 3.86. The predicted octanol–water partition coefficient (Wildman–Crippen LogP) is 2.45. The molecule has 106 valence electrons. The Morgan fingerprint density at radius 1 is 1.44 bits per heavy atom. The van der Waals surface area contributed by atoms with Gasteiger partial charge in [-0.25, -0.2) is 0 Å². The summed E-state index contributed by atoms with van der Waals surface area (Å²) in [6.45, 7) is 8.16. The predicted molar refractivity (Wildman–Crippen MR) is 77.1 cm³/mol. The van der Waals surface area contributed by atoms with E-state index in [-0.39, 0.29) is 17.8 Å². The smallest absolute Gasteiger partial charge is 0.229 e. The highest BCUT2D eigenvalue weighted by Crippen LogP contribution is 2.33. The van der Waals surface area contributed by atoms with Crippen molar-refractivity contribution in [3.8, 4) is 0 Å². The molecule has 3 nitrogen and oxygen atoms in total. The molecule has 1 amide bonds. The molecule has 1 aliphatic heterocycles. The standard InChI is InChI=1S/C14H26N2O.ClH/c1-3-9-16(10-12-5-6-12)13(17)14(2)7-4-8-15-11-14;/h12,15H,3-11H2,1-2H3;1H. The normalized spacial score (nSPS) is 27.4. The number of carbonyl (C=O) groups excluding carboxylic acids is 1. The average Bonchev–Trinajstić information content (AvgIpc) is 3.12. The number of hydrogen-bond acceptors (Lipinski definition) is 2. The lowest BCUT2D eigenvalue weighted by molar-refractivity contribution is -0.142. The lowest BCUT2D eigenvalue weighted by Gasteiger charge is -2.37. The molecule has 0 radical (unpaired) electrons. The van der Waals surface area contributed by atoms with Gasteiger partial charge in [-0.2, -0.15) is 0 Å². The van der Waals surface area contributed by atoms with E-state index in [0.29, 0.717) is 5.91 Å². The van der Waals surface area contributed by atoms with Crippen molar-refractivity contribution >= 4 is 18.3 Å². The van der Waals surface area contributed by atoms with Crippen molar-refractivity contribution in [3.63, 3.8) is 0 Å². The Hall–Kier alpha value is -0.280. The van der Waals surface area contributed by atoms with Gasteiger partial charge < -0.3 is 10.2 Å². The monoisotopic (exact) mass is 274 g/mol. The van der Waals surface area contributed by atoms with Gasteiger partial charge >= 0.3 is 0 Å². The number of nitrogens with one attached hydrogen (secondary N) is 1. The third-order valence-electron chi connectivity index (χ3n) is 4.07. The zero-order valence-electron chi connectivity index (χ0n) is 11.7. The van der Waals surface area contributed by atoms with Crippen molar-refractivity contribution in [2.24, 2.45) is 11.3 Å². The van der Waals surface area contributed by atoms with E-state index in [4.69, 9.17) is 0 Å². The van der Waals surface area contributed by atoms with E-state index < -0.39 is 0 Å². The summed E-state index contributed by atoms with van der Waals surface area (Å²) in [5.41, 5.74) is -0.150. The van der Waals surface area contributed by atoms with Crippen molar-refractivity contribution < 1.29 is 4.79 Å². The van der Waals surface area contributed by atoms with Crippen LogP contribution in [0.4, 0.5) is 0 Å². The first-order valence-electron chi connectivity index (χ1n) is 7.16. The number of carbonyl (C=O) groups is 1. The van der Waals surface area contributed by atoms with Crippen molar-refractivity contribution in [3.05, 3.63) is 0 Å². The highest BCUT2D eigenvalue weighted by atomic mass is 35.5. The molecule has 4 heteroatoms. The Morgan fingerprint density at radius 3 is 2.67 bits per heavy atom. The van der Waals surface area contributed by atoms with E-state index in [2.05, 4.69) is 24.1 Å². The number of amides is 1. The molecule has 0 aromatic rings. The van der Waals surface area contributed by atoms with Gasteiger partial charge in [0.15, 0.2) is 0 Å². The SMILES string of the molecule is CCCN(CC1CC1)C(=O)C1(C)CCCNC1.Cl. The first kappa shape index (κ1) is 15.8. The fourth-order valence-corrected chi connectivity index (χ4v) is 2.78. The van der Waals surface area contributed by atoms with Crippen LogP contribution < -0.4 is 5.32 Å². The maximum atomic E-state index is 12.7. The molecule has 1 saturated carbocycles. The molecule has 0 bridgehead atoms. The number of rotatable bonds is 5. The van der Waals surface area contributed by atoms with Crippen LogP contribution in [0.2, 0.25) is 0 Å². The number of halogens is 1. The quantitative estimate of drug-likeness (QED) is 0.835. The highest BCUT2D eigenvalue weighted by Gasteiger charge is 2.38. The topological polar surface area (TPSA) is 32.3 Å². The first-order chi connectivity index (χ1) is 8.15. The summed E-state index contributed by atoms with van der Waals surface area (Å²) in [6, 6.07) is 0. The molecule has 1 saturated heterocycles. The Labute approximate surface area is 117 Å². The van der Waals surface area contributed by atoms with Gasteiger partial charge in [0.1, 0.15) is 0 Å². The van der Waals surface area contributed by atoms with Crippen molar-refractivity contribution in [2.75, 3.05) is 26.2 Å². The summed E-state index contributed by atoms with van der Waals surface area (Å²) in [7, 11) is 0. The molecule has 0 spiro atoms. The molecule has 0 aromatic carbocycles. The average molecular weight is 275 g/mol. The van der Waals surface area contributed by atoms with E-state index in [1.807, 2.05) is 0 Å². The lowest BCUT2D eigenvalue weighted by Crippen LogP contribution is -2.50. The summed E-state index contributed by atoms with van der Waals surface area (Å²) in [4.78, 5) is 14.8. The second kappa shape index (κ2) is 6.76. The number of nitrogens with zero attached hydrogens (tertiary/aromatic N) is 1. The Morgan fingerprint density at radius 2 is 2.17 bits per heavy atom. The molecule has 1 heterocycles. The molecule has 2 fully saturated rings. The molecule has 1 aliphatic carbocycles. The van der Waals surface area contributed by atoms with Gasteiger partial charge in [0.05, 0.1) is 5.41 Å². The van der Waals surface area contributed by atoms with Crippen molar-refractivity contribution in [2.45, 2.75) is 46.0 Å². The largest absolute Gasteiger partial charge is 0.342 e. The minimum absolute atomic E-state index is 0. The van der Waals surface area contributed by atoms with Gasteiger partial charge in [-0.15, -0.1) is 12.4 Å². The summed E-state index contributed by atoms with van der Waals surface area (Å²) in [6.07, 6.45) is 5.89. The van der Waals surface area contributed by atoms with Crippen molar-refractivity contribution in [1.29, 1.82) is 0 Å². The van der Waals surface area contributed by atoms with Gasteiger partial charge in [-0.05, 0) is 51.5 Å². The maximum absolute atomic E-state index is 12.7. The Kier molecular flexibility index (Phi) is 5.93. The zero-order valence-corrected chi connectivity index (χ0v) is 12.5. The van der Waals surface area contributed by atoms with Crippen LogP contribution >= 0.6 is 12.4 Å². The van der Waals surface area contributed by atoms with Crippen LogP contribution in [0.3, 0.4) is 0 Å². The summed E-state index contributed by atoms with van der Waals surface area (Å²) < 4.78 is 0. The first-order valence-corrected chi connectivity index (χ1v) is 7.16. The van der Waals surface area contributed by atoms with Crippen LogP contribution in [0, 0.1) is 11.3 Å². The van der Waals surface area contributed by atoms with Crippen LogP contribution in [0.1, 0.15) is 46.0 Å². The summed E-state index contributed by atoms with van der Waals surface area (Å²) in [5, 5.41) is 3.37. The number of hydrogen-bond donors (Lipinski definition) is 1. The molecule has 2 rings (SSSR count). The fourth-order valence-electron chi connectivity index (χ4n) is 2.78. The summed E-state index contributed by atoms with van der Waals surface area (Å²) in [5.74, 6) is 1.18. The molecular formula is C14H27ClN2O. The second-order valence-corrected chi connectivity index (χ2v) is 6.04. The highest BCUT2D eigenvalue weighted by molar-refractivity contribution is 5.85. The van der Waals surface area contributed by atoms with Gasteiger partial charge in [-0.3, -0.25) is 4.79 Å². The van der Waals surface area contributed by atoms with E-state index in [1.165, 1.54) is 12.8 Å². The van der Waals surface area contributed by atoms with Gasteiger partial charge in [0, 0.05) is 19.6 Å².